The first-order valence-electron chi connectivity index (χ1n) is 7.93. The second kappa shape index (κ2) is 8.46. The molecule has 1 amide bonds. The van der Waals surface area contributed by atoms with E-state index in [1.165, 1.54) is 24.3 Å². The van der Waals surface area contributed by atoms with Gasteiger partial charge in [-0.15, -0.1) is 13.2 Å². The molecule has 5 nitrogen and oxygen atoms in total. The average molecular weight is 368 g/mol. The molecule has 0 aromatic heterocycles. The van der Waals surface area contributed by atoms with Gasteiger partial charge >= 0.3 is 6.36 Å². The van der Waals surface area contributed by atoms with E-state index in [2.05, 4.69) is 15.4 Å². The van der Waals surface area contributed by atoms with Crippen molar-refractivity contribution in [2.45, 2.75) is 26.3 Å². The van der Waals surface area contributed by atoms with Crippen molar-refractivity contribution in [3.05, 3.63) is 48.5 Å². The summed E-state index contributed by atoms with van der Waals surface area (Å²) in [5.41, 5.74) is 1.03. The molecule has 2 aromatic carbocycles. The lowest BCUT2D eigenvalue weighted by Gasteiger charge is -2.17. The van der Waals surface area contributed by atoms with Crippen LogP contribution in [-0.4, -0.2) is 24.9 Å². The molecule has 0 aliphatic rings. The number of carbonyl (C=O) groups excluding carboxylic acids is 1. The number of benzene rings is 2. The lowest BCUT2D eigenvalue weighted by Crippen LogP contribution is -2.32. The standard InChI is InChI=1S/C18H19F3N2O3/c1-3-25-16-7-5-4-6-15(16)23-17(24)12(2)22-13-8-10-14(11-9-13)26-18(19,20)21/h4-12,22H,3H2,1-2H3,(H,23,24). The van der Waals surface area contributed by atoms with Crippen molar-refractivity contribution in [2.75, 3.05) is 17.2 Å². The van der Waals surface area contributed by atoms with Crippen LogP contribution in [0.4, 0.5) is 24.5 Å². The van der Waals surface area contributed by atoms with Crippen molar-refractivity contribution in [3.63, 3.8) is 0 Å². The van der Waals surface area contributed by atoms with Crippen molar-refractivity contribution < 1.29 is 27.4 Å². The van der Waals surface area contributed by atoms with Gasteiger partial charge < -0.3 is 20.1 Å². The fourth-order valence-electron chi connectivity index (χ4n) is 2.16. The third kappa shape index (κ3) is 5.87. The van der Waals surface area contributed by atoms with Gasteiger partial charge in [-0.05, 0) is 50.2 Å². The van der Waals surface area contributed by atoms with Crippen LogP contribution in [0.2, 0.25) is 0 Å². The molecular weight excluding hydrogens is 349 g/mol. The van der Waals surface area contributed by atoms with E-state index in [4.69, 9.17) is 4.74 Å². The van der Waals surface area contributed by atoms with E-state index in [0.717, 1.165) is 0 Å². The molecule has 0 bridgehead atoms. The maximum Gasteiger partial charge on any atom is 0.573 e. The van der Waals surface area contributed by atoms with Crippen LogP contribution in [0.25, 0.3) is 0 Å². The molecule has 1 unspecified atom stereocenters. The summed E-state index contributed by atoms with van der Waals surface area (Å²) in [5.74, 6) is -0.0808. The molecule has 2 rings (SSSR count). The van der Waals surface area contributed by atoms with Crippen LogP contribution in [0, 0.1) is 0 Å². The van der Waals surface area contributed by atoms with Crippen LogP contribution >= 0.6 is 0 Å². The van der Waals surface area contributed by atoms with Gasteiger partial charge in [-0.25, -0.2) is 0 Å². The fourth-order valence-corrected chi connectivity index (χ4v) is 2.16. The predicted molar refractivity (Wildman–Crippen MR) is 92.5 cm³/mol. The van der Waals surface area contributed by atoms with Crippen LogP contribution in [0.15, 0.2) is 48.5 Å². The number of amides is 1. The first-order valence-corrected chi connectivity index (χ1v) is 7.93. The third-order valence-electron chi connectivity index (χ3n) is 3.31. The topological polar surface area (TPSA) is 59.6 Å². The first kappa shape index (κ1) is 19.4. The molecular formula is C18H19F3N2O3. The van der Waals surface area contributed by atoms with Gasteiger partial charge in [0, 0.05) is 5.69 Å². The Labute approximate surface area is 149 Å². The van der Waals surface area contributed by atoms with Crippen LogP contribution in [0.3, 0.4) is 0 Å². The molecule has 0 saturated heterocycles. The van der Waals surface area contributed by atoms with Crippen LogP contribution in [0.1, 0.15) is 13.8 Å². The van der Waals surface area contributed by atoms with Crippen molar-refractivity contribution in [1.82, 2.24) is 0 Å². The van der Waals surface area contributed by atoms with E-state index >= 15 is 0 Å². The summed E-state index contributed by atoms with van der Waals surface area (Å²) in [7, 11) is 0. The number of rotatable bonds is 7. The second-order valence-corrected chi connectivity index (χ2v) is 5.36. The number of alkyl halides is 3. The van der Waals surface area contributed by atoms with Gasteiger partial charge in [0.25, 0.3) is 0 Å². The molecule has 2 aromatic rings. The van der Waals surface area contributed by atoms with Crippen LogP contribution in [0.5, 0.6) is 11.5 Å². The number of nitrogens with one attached hydrogen (secondary N) is 2. The Kier molecular flexibility index (Phi) is 6.32. The van der Waals surface area contributed by atoms with Gasteiger partial charge in [0.2, 0.25) is 5.91 Å². The van der Waals surface area contributed by atoms with Gasteiger partial charge in [0.05, 0.1) is 12.3 Å². The highest BCUT2D eigenvalue weighted by Crippen LogP contribution is 2.25. The number of hydrogen-bond donors (Lipinski definition) is 2. The molecule has 1 atom stereocenters. The minimum Gasteiger partial charge on any atom is -0.492 e. The molecule has 0 radical (unpaired) electrons. The Balaban J connectivity index is 1.97. The quantitative estimate of drug-likeness (QED) is 0.759. The van der Waals surface area contributed by atoms with E-state index in [-0.39, 0.29) is 11.7 Å². The summed E-state index contributed by atoms with van der Waals surface area (Å²) >= 11 is 0. The van der Waals surface area contributed by atoms with Crippen LogP contribution in [-0.2, 0) is 4.79 Å². The average Bonchev–Trinajstić information content (AvgIpc) is 2.57. The molecule has 0 spiro atoms. The highest BCUT2D eigenvalue weighted by molar-refractivity contribution is 5.97. The summed E-state index contributed by atoms with van der Waals surface area (Å²) in [6.45, 7) is 3.95. The maximum atomic E-state index is 12.3. The minimum absolute atomic E-state index is 0.312. The number of anilines is 2. The van der Waals surface area contributed by atoms with Gasteiger partial charge in [0.1, 0.15) is 17.5 Å². The first-order chi connectivity index (χ1) is 12.3. The van der Waals surface area contributed by atoms with Crippen molar-refractivity contribution in [2.24, 2.45) is 0 Å². The van der Waals surface area contributed by atoms with Gasteiger partial charge in [-0.1, -0.05) is 12.1 Å². The zero-order chi connectivity index (χ0) is 19.2. The Bertz CT molecular complexity index is 733. The molecule has 0 aliphatic carbocycles. The summed E-state index contributed by atoms with van der Waals surface area (Å²) in [5, 5.41) is 5.67. The van der Waals surface area contributed by atoms with Crippen molar-refractivity contribution in [3.8, 4) is 11.5 Å². The van der Waals surface area contributed by atoms with E-state index in [1.807, 2.05) is 6.92 Å². The number of halogens is 3. The molecule has 0 fully saturated rings. The second-order valence-electron chi connectivity index (χ2n) is 5.36. The molecule has 0 saturated carbocycles. The fraction of sp³-hybridized carbons (Fsp3) is 0.278. The summed E-state index contributed by atoms with van der Waals surface area (Å²) in [6, 6.07) is 11.6. The number of carbonyl (C=O) groups is 1. The highest BCUT2D eigenvalue weighted by Gasteiger charge is 2.31. The molecule has 26 heavy (non-hydrogen) atoms. The SMILES string of the molecule is CCOc1ccccc1NC(=O)C(C)Nc1ccc(OC(F)(F)F)cc1. The van der Waals surface area contributed by atoms with Crippen molar-refractivity contribution >= 4 is 17.3 Å². The molecule has 140 valence electrons. The van der Waals surface area contributed by atoms with E-state index < -0.39 is 12.4 Å². The van der Waals surface area contributed by atoms with E-state index in [0.29, 0.717) is 23.7 Å². The smallest absolute Gasteiger partial charge is 0.492 e. The largest absolute Gasteiger partial charge is 0.573 e. The summed E-state index contributed by atoms with van der Waals surface area (Å²) in [6.07, 6.45) is -4.74. The highest BCUT2D eigenvalue weighted by atomic mass is 19.4. The van der Waals surface area contributed by atoms with Gasteiger partial charge in [0.15, 0.2) is 0 Å². The summed E-state index contributed by atoms with van der Waals surface area (Å²) in [4.78, 5) is 12.3. The predicted octanol–water partition coefficient (Wildman–Crippen LogP) is 4.42. The Morgan fingerprint density at radius 3 is 2.38 bits per heavy atom. The monoisotopic (exact) mass is 368 g/mol. The minimum atomic E-state index is -4.74. The Morgan fingerprint density at radius 1 is 1.12 bits per heavy atom. The zero-order valence-electron chi connectivity index (χ0n) is 14.3. The number of ether oxygens (including phenoxy) is 2. The van der Waals surface area contributed by atoms with Crippen molar-refractivity contribution in [1.29, 1.82) is 0 Å². The molecule has 8 heteroatoms. The Morgan fingerprint density at radius 2 is 1.77 bits per heavy atom. The van der Waals surface area contributed by atoms with Crippen LogP contribution < -0.4 is 20.1 Å². The lowest BCUT2D eigenvalue weighted by molar-refractivity contribution is -0.274. The van der Waals surface area contributed by atoms with E-state index in [9.17, 15) is 18.0 Å². The normalized spacial score (nSPS) is 12.2. The zero-order valence-corrected chi connectivity index (χ0v) is 14.3. The van der Waals surface area contributed by atoms with Gasteiger partial charge in [-0.2, -0.15) is 0 Å². The molecule has 0 heterocycles. The van der Waals surface area contributed by atoms with Gasteiger partial charge in [-0.3, -0.25) is 4.79 Å². The number of para-hydroxylation sites is 2. The third-order valence-corrected chi connectivity index (χ3v) is 3.31. The summed E-state index contributed by atoms with van der Waals surface area (Å²) < 4.78 is 45.7. The Hall–Kier alpha value is -2.90. The molecule has 2 N–H and O–H groups in total. The lowest BCUT2D eigenvalue weighted by atomic mass is 10.2. The number of hydrogen-bond acceptors (Lipinski definition) is 4. The molecule has 0 aliphatic heterocycles. The van der Waals surface area contributed by atoms with E-state index in [1.54, 1.807) is 31.2 Å². The maximum absolute atomic E-state index is 12.3.